The molecule has 110 valence electrons. The number of anilines is 1. The lowest BCUT2D eigenvalue weighted by Gasteiger charge is -2.05. The second kappa shape index (κ2) is 5.99. The molecule has 0 radical (unpaired) electrons. The van der Waals surface area contributed by atoms with E-state index in [9.17, 15) is 14.9 Å². The van der Waals surface area contributed by atoms with Gasteiger partial charge in [0, 0.05) is 12.5 Å². The van der Waals surface area contributed by atoms with E-state index < -0.39 is 10.9 Å². The summed E-state index contributed by atoms with van der Waals surface area (Å²) in [6.45, 7) is 1.97. The van der Waals surface area contributed by atoms with E-state index in [1.54, 1.807) is 6.20 Å². The van der Waals surface area contributed by atoms with E-state index >= 15 is 0 Å². The number of nitrogens with one attached hydrogen (secondary N) is 1. The monoisotopic (exact) mass is 292 g/mol. The molecule has 0 bridgehead atoms. The lowest BCUT2D eigenvalue weighted by Crippen LogP contribution is -2.08. The molecule has 0 spiro atoms. The number of nitrogens with zero attached hydrogens (tertiary/aromatic N) is 3. The molecule has 0 atom stereocenters. The summed E-state index contributed by atoms with van der Waals surface area (Å²) in [5, 5.41) is 22.4. The molecule has 9 nitrogen and oxygen atoms in total. The van der Waals surface area contributed by atoms with Gasteiger partial charge in [0.2, 0.25) is 11.7 Å². The number of aryl methyl sites for hydroxylation is 1. The Labute approximate surface area is 118 Å². The fourth-order valence-electron chi connectivity index (χ4n) is 1.60. The Morgan fingerprint density at radius 2 is 2.29 bits per heavy atom. The lowest BCUT2D eigenvalue weighted by atomic mass is 10.3. The number of hydrogen-bond donors (Lipinski definition) is 2. The number of oxazole rings is 1. The number of rotatable bonds is 6. The number of carboxylic acid groups (broad SMARTS) is 1. The van der Waals surface area contributed by atoms with E-state index in [2.05, 4.69) is 15.3 Å². The van der Waals surface area contributed by atoms with Crippen LogP contribution in [0.15, 0.2) is 22.7 Å². The highest BCUT2D eigenvalue weighted by molar-refractivity contribution is 5.86. The summed E-state index contributed by atoms with van der Waals surface area (Å²) in [4.78, 5) is 28.8. The number of hydrogen-bond acceptors (Lipinski definition) is 7. The summed E-state index contributed by atoms with van der Waals surface area (Å²) >= 11 is 0. The number of carbonyl (C=O) groups is 1. The summed E-state index contributed by atoms with van der Waals surface area (Å²) in [5.41, 5.74) is -0.605. The quantitative estimate of drug-likeness (QED) is 0.609. The van der Waals surface area contributed by atoms with Crippen molar-refractivity contribution in [1.29, 1.82) is 0 Å². The summed E-state index contributed by atoms with van der Waals surface area (Å²) < 4.78 is 5.35. The Morgan fingerprint density at radius 1 is 1.52 bits per heavy atom. The predicted octanol–water partition coefficient (Wildman–Crippen LogP) is 1.85. The third kappa shape index (κ3) is 3.32. The number of aromatic nitrogens is 2. The highest BCUT2D eigenvalue weighted by atomic mass is 16.6. The van der Waals surface area contributed by atoms with Crippen molar-refractivity contribution in [3.05, 3.63) is 45.8 Å². The van der Waals surface area contributed by atoms with Gasteiger partial charge in [-0.15, -0.1) is 0 Å². The molecule has 2 aromatic heterocycles. The van der Waals surface area contributed by atoms with Gasteiger partial charge in [0.15, 0.2) is 5.69 Å². The van der Waals surface area contributed by atoms with Crippen molar-refractivity contribution in [3.63, 3.8) is 0 Å². The van der Waals surface area contributed by atoms with Gasteiger partial charge in [-0.05, 0) is 6.07 Å². The first-order valence-corrected chi connectivity index (χ1v) is 6.07. The van der Waals surface area contributed by atoms with Gasteiger partial charge in [0.05, 0.1) is 17.7 Å². The minimum Gasteiger partial charge on any atom is -0.477 e. The zero-order valence-corrected chi connectivity index (χ0v) is 11.1. The fraction of sp³-hybridized carbons (Fsp3) is 0.250. The maximum absolute atomic E-state index is 10.9. The molecular weight excluding hydrogens is 280 g/mol. The van der Waals surface area contributed by atoms with E-state index in [-0.39, 0.29) is 23.7 Å². The largest absolute Gasteiger partial charge is 0.477 e. The van der Waals surface area contributed by atoms with Crippen molar-refractivity contribution >= 4 is 17.5 Å². The SMILES string of the molecule is CCc1cnc(CNc2nc(C(=O)O)ccc2[N+](=O)[O-])o1. The first-order chi connectivity index (χ1) is 10.0. The Balaban J connectivity index is 2.22. The van der Waals surface area contributed by atoms with Gasteiger partial charge in [-0.2, -0.15) is 0 Å². The predicted molar refractivity (Wildman–Crippen MR) is 71.1 cm³/mol. The van der Waals surface area contributed by atoms with E-state index in [0.29, 0.717) is 18.1 Å². The van der Waals surface area contributed by atoms with Gasteiger partial charge in [0.25, 0.3) is 0 Å². The first-order valence-electron chi connectivity index (χ1n) is 6.07. The standard InChI is InChI=1S/C12H12N4O5/c1-2-7-5-13-10(21-7)6-14-11-9(16(19)20)4-3-8(15-11)12(17)18/h3-5H,2,6H2,1H3,(H,14,15)(H,17,18). The lowest BCUT2D eigenvalue weighted by molar-refractivity contribution is -0.384. The molecule has 0 aliphatic rings. The Morgan fingerprint density at radius 3 is 2.86 bits per heavy atom. The molecule has 0 fully saturated rings. The molecule has 2 N–H and O–H groups in total. The Kier molecular flexibility index (Phi) is 4.12. The van der Waals surface area contributed by atoms with Crippen LogP contribution < -0.4 is 5.32 Å². The number of pyridine rings is 1. The maximum atomic E-state index is 10.9. The molecule has 0 aromatic carbocycles. The Bertz CT molecular complexity index is 682. The summed E-state index contributed by atoms with van der Waals surface area (Å²) in [5.74, 6) is -0.384. The minimum atomic E-state index is -1.27. The maximum Gasteiger partial charge on any atom is 0.354 e. The van der Waals surface area contributed by atoms with Crippen LogP contribution in [0.25, 0.3) is 0 Å². The summed E-state index contributed by atoms with van der Waals surface area (Å²) in [7, 11) is 0. The molecule has 0 saturated carbocycles. The second-order valence-electron chi connectivity index (χ2n) is 4.05. The van der Waals surface area contributed by atoms with Crippen molar-refractivity contribution < 1.29 is 19.2 Å². The van der Waals surface area contributed by atoms with Crippen LogP contribution in [0.2, 0.25) is 0 Å². The number of aromatic carboxylic acids is 1. The highest BCUT2D eigenvalue weighted by Crippen LogP contribution is 2.22. The van der Waals surface area contributed by atoms with E-state index in [4.69, 9.17) is 9.52 Å². The topological polar surface area (TPSA) is 131 Å². The molecular formula is C12H12N4O5. The zero-order valence-electron chi connectivity index (χ0n) is 11.1. The van der Waals surface area contributed by atoms with Crippen LogP contribution in [0, 0.1) is 10.1 Å². The average molecular weight is 292 g/mol. The van der Waals surface area contributed by atoms with Crippen molar-refractivity contribution in [2.45, 2.75) is 19.9 Å². The van der Waals surface area contributed by atoms with Gasteiger partial charge >= 0.3 is 11.7 Å². The number of nitro groups is 1. The molecule has 21 heavy (non-hydrogen) atoms. The van der Waals surface area contributed by atoms with Crippen LogP contribution in [0.1, 0.15) is 29.1 Å². The van der Waals surface area contributed by atoms with Gasteiger partial charge in [-0.3, -0.25) is 10.1 Å². The molecule has 2 aromatic rings. The van der Waals surface area contributed by atoms with Gasteiger partial charge in [0.1, 0.15) is 5.76 Å². The molecule has 0 unspecified atom stereocenters. The van der Waals surface area contributed by atoms with E-state index in [1.165, 1.54) is 0 Å². The van der Waals surface area contributed by atoms with Crippen LogP contribution in [-0.2, 0) is 13.0 Å². The summed E-state index contributed by atoms with van der Waals surface area (Å²) in [6, 6.07) is 2.16. The normalized spacial score (nSPS) is 10.3. The smallest absolute Gasteiger partial charge is 0.354 e. The molecule has 0 saturated heterocycles. The van der Waals surface area contributed by atoms with E-state index in [0.717, 1.165) is 12.1 Å². The third-order valence-electron chi connectivity index (χ3n) is 2.65. The zero-order chi connectivity index (χ0) is 15.4. The van der Waals surface area contributed by atoms with Crippen LogP contribution in [-0.4, -0.2) is 26.0 Å². The van der Waals surface area contributed by atoms with Gasteiger partial charge in [-0.1, -0.05) is 6.92 Å². The molecule has 9 heteroatoms. The van der Waals surface area contributed by atoms with Crippen LogP contribution >= 0.6 is 0 Å². The van der Waals surface area contributed by atoms with Crippen molar-refractivity contribution in [1.82, 2.24) is 9.97 Å². The van der Waals surface area contributed by atoms with Crippen molar-refractivity contribution in [2.24, 2.45) is 0 Å². The third-order valence-corrected chi connectivity index (χ3v) is 2.65. The van der Waals surface area contributed by atoms with Crippen LogP contribution in [0.3, 0.4) is 0 Å². The Hall–Kier alpha value is -2.97. The van der Waals surface area contributed by atoms with Crippen LogP contribution in [0.4, 0.5) is 11.5 Å². The molecule has 0 amide bonds. The first kappa shape index (κ1) is 14.4. The highest BCUT2D eigenvalue weighted by Gasteiger charge is 2.18. The molecule has 2 rings (SSSR count). The minimum absolute atomic E-state index is 0.0664. The molecule has 0 aliphatic heterocycles. The summed E-state index contributed by atoms with van der Waals surface area (Å²) in [6.07, 6.45) is 2.24. The molecule has 2 heterocycles. The second-order valence-corrected chi connectivity index (χ2v) is 4.05. The average Bonchev–Trinajstić information content (AvgIpc) is 2.92. The van der Waals surface area contributed by atoms with Crippen LogP contribution in [0.5, 0.6) is 0 Å². The van der Waals surface area contributed by atoms with Gasteiger partial charge in [-0.25, -0.2) is 14.8 Å². The number of carboxylic acids is 1. The van der Waals surface area contributed by atoms with E-state index in [1.807, 2.05) is 6.92 Å². The van der Waals surface area contributed by atoms with Gasteiger partial charge < -0.3 is 14.8 Å². The van der Waals surface area contributed by atoms with Crippen molar-refractivity contribution in [3.8, 4) is 0 Å². The fourth-order valence-corrected chi connectivity index (χ4v) is 1.60. The van der Waals surface area contributed by atoms with Crippen molar-refractivity contribution in [2.75, 3.05) is 5.32 Å². The molecule has 0 aliphatic carbocycles.